The molecule has 1 aromatic heterocycles. The van der Waals surface area contributed by atoms with E-state index in [1.165, 1.54) is 6.33 Å². The van der Waals surface area contributed by atoms with Crippen molar-refractivity contribution in [2.24, 2.45) is 0 Å². The van der Waals surface area contributed by atoms with Crippen LogP contribution in [0.15, 0.2) is 29.0 Å². The van der Waals surface area contributed by atoms with Gasteiger partial charge in [-0.1, -0.05) is 6.07 Å². The number of aromatic nitrogens is 3. The molecule has 1 aromatic carbocycles. The number of H-pyrrole nitrogens is 1. The molecule has 1 heterocycles. The van der Waals surface area contributed by atoms with Gasteiger partial charge in [0, 0.05) is 12.7 Å². The van der Waals surface area contributed by atoms with Crippen LogP contribution >= 0.6 is 15.9 Å². The Hall–Kier alpha value is -1.89. The molecule has 1 amide bonds. The number of nitrogens with zero attached hydrogens (tertiary/aromatic N) is 3. The minimum absolute atomic E-state index is 0.134. The average Bonchev–Trinajstić information content (AvgIpc) is 2.84. The first-order valence-electron chi connectivity index (χ1n) is 5.23. The van der Waals surface area contributed by atoms with E-state index in [1.807, 2.05) is 0 Å². The normalized spacial score (nSPS) is 10.3. The lowest BCUT2D eigenvalue weighted by atomic mass is 10.2. The molecular formula is C11H12BrN5O. The maximum absolute atomic E-state index is 12.2. The smallest absolute Gasteiger partial charge is 0.255 e. The first-order chi connectivity index (χ1) is 8.59. The van der Waals surface area contributed by atoms with E-state index in [0.29, 0.717) is 28.1 Å². The number of nitrogen functional groups attached to an aromatic ring is 1. The molecule has 94 valence electrons. The molecule has 0 aliphatic rings. The van der Waals surface area contributed by atoms with Crippen LogP contribution in [0.1, 0.15) is 16.2 Å². The number of benzene rings is 1. The van der Waals surface area contributed by atoms with Crippen LogP contribution in [-0.4, -0.2) is 33.0 Å². The fourth-order valence-corrected chi connectivity index (χ4v) is 1.96. The number of carbonyl (C=O) groups excluding carboxylic acids is 1. The Morgan fingerprint density at radius 3 is 3.00 bits per heavy atom. The largest absolute Gasteiger partial charge is 0.398 e. The minimum Gasteiger partial charge on any atom is -0.398 e. The fourth-order valence-electron chi connectivity index (χ4n) is 1.52. The highest BCUT2D eigenvalue weighted by molar-refractivity contribution is 9.10. The lowest BCUT2D eigenvalue weighted by Gasteiger charge is -2.16. The molecule has 0 spiro atoms. The Morgan fingerprint density at radius 2 is 2.33 bits per heavy atom. The SMILES string of the molecule is CN(Cc1ncn[nH]1)C(=O)c1cccc(N)c1Br. The number of hydrogen-bond acceptors (Lipinski definition) is 4. The number of anilines is 1. The van der Waals surface area contributed by atoms with Crippen molar-refractivity contribution in [3.63, 3.8) is 0 Å². The monoisotopic (exact) mass is 309 g/mol. The second-order valence-electron chi connectivity index (χ2n) is 3.80. The van der Waals surface area contributed by atoms with Gasteiger partial charge in [-0.3, -0.25) is 9.89 Å². The molecule has 2 rings (SSSR count). The van der Waals surface area contributed by atoms with Gasteiger partial charge >= 0.3 is 0 Å². The van der Waals surface area contributed by atoms with Gasteiger partial charge in [0.1, 0.15) is 12.2 Å². The quantitative estimate of drug-likeness (QED) is 0.839. The Balaban J connectivity index is 2.18. The van der Waals surface area contributed by atoms with Gasteiger partial charge < -0.3 is 10.6 Å². The van der Waals surface area contributed by atoms with Crippen molar-refractivity contribution >= 4 is 27.5 Å². The Kier molecular flexibility index (Phi) is 3.61. The summed E-state index contributed by atoms with van der Waals surface area (Å²) in [5.74, 6) is 0.497. The first kappa shape index (κ1) is 12.6. The summed E-state index contributed by atoms with van der Waals surface area (Å²) in [5, 5.41) is 6.44. The zero-order chi connectivity index (χ0) is 13.1. The predicted molar refractivity (Wildman–Crippen MR) is 70.7 cm³/mol. The molecule has 3 N–H and O–H groups in total. The summed E-state index contributed by atoms with van der Waals surface area (Å²) in [7, 11) is 1.69. The molecule has 0 atom stereocenters. The molecule has 0 bridgehead atoms. The molecule has 0 aliphatic heterocycles. The van der Waals surface area contributed by atoms with Crippen molar-refractivity contribution in [2.75, 3.05) is 12.8 Å². The summed E-state index contributed by atoms with van der Waals surface area (Å²) < 4.78 is 0.611. The third-order valence-electron chi connectivity index (χ3n) is 2.46. The molecular weight excluding hydrogens is 298 g/mol. The molecule has 0 aliphatic carbocycles. The molecule has 0 fully saturated rings. The number of hydrogen-bond donors (Lipinski definition) is 2. The van der Waals surface area contributed by atoms with Gasteiger partial charge in [-0.05, 0) is 28.1 Å². The maximum Gasteiger partial charge on any atom is 0.255 e. The highest BCUT2D eigenvalue weighted by Crippen LogP contribution is 2.24. The number of carbonyl (C=O) groups is 1. The third-order valence-corrected chi connectivity index (χ3v) is 3.34. The standard InChI is InChI=1S/C11H12BrN5O/c1-17(5-9-14-6-15-16-9)11(18)7-3-2-4-8(13)10(7)12/h2-4,6H,5,13H2,1H3,(H,14,15,16). The number of nitrogens with one attached hydrogen (secondary N) is 1. The number of amides is 1. The molecule has 0 unspecified atom stereocenters. The van der Waals surface area contributed by atoms with Crippen molar-refractivity contribution in [3.05, 3.63) is 40.4 Å². The molecule has 6 nitrogen and oxygen atoms in total. The zero-order valence-electron chi connectivity index (χ0n) is 9.72. The van der Waals surface area contributed by atoms with E-state index in [2.05, 4.69) is 31.1 Å². The Bertz CT molecular complexity index is 555. The van der Waals surface area contributed by atoms with Crippen LogP contribution in [0.5, 0.6) is 0 Å². The van der Waals surface area contributed by atoms with E-state index in [9.17, 15) is 4.79 Å². The second-order valence-corrected chi connectivity index (χ2v) is 4.60. The highest BCUT2D eigenvalue weighted by atomic mass is 79.9. The van der Waals surface area contributed by atoms with E-state index in [4.69, 9.17) is 5.73 Å². The number of nitrogens with two attached hydrogens (primary N) is 1. The van der Waals surface area contributed by atoms with E-state index in [0.717, 1.165) is 0 Å². The third kappa shape index (κ3) is 2.51. The van der Waals surface area contributed by atoms with Crippen LogP contribution in [0.4, 0.5) is 5.69 Å². The topological polar surface area (TPSA) is 87.9 Å². The van der Waals surface area contributed by atoms with E-state index < -0.39 is 0 Å². The summed E-state index contributed by atoms with van der Waals surface area (Å²) >= 11 is 3.32. The van der Waals surface area contributed by atoms with Gasteiger partial charge in [-0.15, -0.1) is 0 Å². The molecule has 0 saturated carbocycles. The fraction of sp³-hybridized carbons (Fsp3) is 0.182. The molecule has 2 aromatic rings. The highest BCUT2D eigenvalue weighted by Gasteiger charge is 2.16. The Labute approximate surface area is 112 Å². The Morgan fingerprint density at radius 1 is 1.56 bits per heavy atom. The van der Waals surface area contributed by atoms with E-state index in [1.54, 1.807) is 30.1 Å². The molecule has 18 heavy (non-hydrogen) atoms. The van der Waals surface area contributed by atoms with Crippen LogP contribution in [0, 0.1) is 0 Å². The summed E-state index contributed by atoms with van der Waals surface area (Å²) in [5.41, 5.74) is 6.81. The zero-order valence-corrected chi connectivity index (χ0v) is 11.3. The lowest BCUT2D eigenvalue weighted by molar-refractivity contribution is 0.0781. The van der Waals surface area contributed by atoms with Crippen LogP contribution < -0.4 is 5.73 Å². The second kappa shape index (κ2) is 5.18. The molecule has 0 saturated heterocycles. The van der Waals surface area contributed by atoms with Crippen LogP contribution in [-0.2, 0) is 6.54 Å². The maximum atomic E-state index is 12.2. The van der Waals surface area contributed by atoms with Crippen LogP contribution in [0.3, 0.4) is 0 Å². The average molecular weight is 310 g/mol. The summed E-state index contributed by atoms with van der Waals surface area (Å²) in [6.07, 6.45) is 1.41. The van der Waals surface area contributed by atoms with Gasteiger partial charge in [0.15, 0.2) is 0 Å². The van der Waals surface area contributed by atoms with Crippen LogP contribution in [0.25, 0.3) is 0 Å². The van der Waals surface area contributed by atoms with Crippen molar-refractivity contribution in [1.82, 2.24) is 20.1 Å². The van der Waals surface area contributed by atoms with Gasteiger partial charge in [-0.25, -0.2) is 4.98 Å². The number of aromatic amines is 1. The van der Waals surface area contributed by atoms with Crippen molar-refractivity contribution in [1.29, 1.82) is 0 Å². The number of halogens is 1. The van der Waals surface area contributed by atoms with Gasteiger partial charge in [0.2, 0.25) is 0 Å². The van der Waals surface area contributed by atoms with E-state index >= 15 is 0 Å². The summed E-state index contributed by atoms with van der Waals surface area (Å²) in [4.78, 5) is 17.7. The van der Waals surface area contributed by atoms with Gasteiger partial charge in [0.25, 0.3) is 5.91 Å². The predicted octanol–water partition coefficient (Wildman–Crippen LogP) is 1.42. The van der Waals surface area contributed by atoms with Crippen molar-refractivity contribution < 1.29 is 4.79 Å². The van der Waals surface area contributed by atoms with Crippen molar-refractivity contribution in [2.45, 2.75) is 6.54 Å². The first-order valence-corrected chi connectivity index (χ1v) is 6.02. The lowest BCUT2D eigenvalue weighted by Crippen LogP contribution is -2.27. The van der Waals surface area contributed by atoms with Crippen LogP contribution in [0.2, 0.25) is 0 Å². The summed E-state index contributed by atoms with van der Waals surface area (Å²) in [6.45, 7) is 0.361. The summed E-state index contributed by atoms with van der Waals surface area (Å²) in [6, 6.07) is 5.20. The van der Waals surface area contributed by atoms with Gasteiger partial charge in [0.05, 0.1) is 16.6 Å². The van der Waals surface area contributed by atoms with Gasteiger partial charge in [-0.2, -0.15) is 5.10 Å². The van der Waals surface area contributed by atoms with Crippen molar-refractivity contribution in [3.8, 4) is 0 Å². The molecule has 7 heteroatoms. The molecule has 0 radical (unpaired) electrons. The number of rotatable bonds is 3. The minimum atomic E-state index is -0.134. The van der Waals surface area contributed by atoms with E-state index in [-0.39, 0.29) is 5.91 Å².